The summed E-state index contributed by atoms with van der Waals surface area (Å²) >= 11 is 0. The molecule has 178 valence electrons. The van der Waals surface area contributed by atoms with Gasteiger partial charge in [-0.2, -0.15) is 8.78 Å². The van der Waals surface area contributed by atoms with Gasteiger partial charge in [-0.1, -0.05) is 23.3 Å². The van der Waals surface area contributed by atoms with Crippen LogP contribution in [0.5, 0.6) is 11.5 Å². The average molecular weight is 461 g/mol. The SMILES string of the molecule is COc1ccc(CCNC(=O)C2CCCN(C(=O)c3cc(C)cc(C)c3)C2)cc1OC(F)F. The summed E-state index contributed by atoms with van der Waals surface area (Å²) in [5.74, 6) is -0.250. The molecular formula is C25H30F2N2O4. The first kappa shape index (κ1) is 24.5. The molecule has 2 amide bonds. The number of carbonyl (C=O) groups is 2. The van der Waals surface area contributed by atoms with Crippen molar-refractivity contribution < 1.29 is 27.8 Å². The van der Waals surface area contributed by atoms with E-state index in [1.807, 2.05) is 32.0 Å². The topological polar surface area (TPSA) is 67.9 Å². The minimum absolute atomic E-state index is 0.0378. The van der Waals surface area contributed by atoms with E-state index in [1.165, 1.54) is 13.2 Å². The second kappa shape index (κ2) is 11.1. The number of piperidine rings is 1. The Kier molecular flexibility index (Phi) is 8.25. The maximum absolute atomic E-state index is 13.0. The summed E-state index contributed by atoms with van der Waals surface area (Å²) in [4.78, 5) is 27.4. The summed E-state index contributed by atoms with van der Waals surface area (Å²) < 4.78 is 34.8. The van der Waals surface area contributed by atoms with Crippen molar-refractivity contribution in [3.8, 4) is 11.5 Å². The lowest BCUT2D eigenvalue weighted by Crippen LogP contribution is -2.45. The number of hydrogen-bond donors (Lipinski definition) is 1. The molecule has 0 bridgehead atoms. The molecule has 1 aliphatic heterocycles. The van der Waals surface area contributed by atoms with Crippen molar-refractivity contribution in [1.82, 2.24) is 10.2 Å². The summed E-state index contributed by atoms with van der Waals surface area (Å²) in [7, 11) is 1.38. The molecule has 0 spiro atoms. The largest absolute Gasteiger partial charge is 0.493 e. The van der Waals surface area contributed by atoms with Gasteiger partial charge in [0.05, 0.1) is 13.0 Å². The number of halogens is 2. The van der Waals surface area contributed by atoms with E-state index in [0.717, 1.165) is 29.5 Å². The van der Waals surface area contributed by atoms with E-state index in [0.29, 0.717) is 31.6 Å². The van der Waals surface area contributed by atoms with Gasteiger partial charge in [0.2, 0.25) is 5.91 Å². The van der Waals surface area contributed by atoms with Crippen molar-refractivity contribution >= 4 is 11.8 Å². The van der Waals surface area contributed by atoms with Crippen LogP contribution in [-0.2, 0) is 11.2 Å². The van der Waals surface area contributed by atoms with Crippen LogP contribution in [0, 0.1) is 19.8 Å². The van der Waals surface area contributed by atoms with Crippen molar-refractivity contribution in [3.63, 3.8) is 0 Å². The zero-order valence-electron chi connectivity index (χ0n) is 19.2. The molecule has 8 heteroatoms. The monoisotopic (exact) mass is 460 g/mol. The van der Waals surface area contributed by atoms with Gasteiger partial charge in [0.1, 0.15) is 0 Å². The van der Waals surface area contributed by atoms with Crippen molar-refractivity contribution in [3.05, 3.63) is 58.7 Å². The average Bonchev–Trinajstić information content (AvgIpc) is 2.77. The number of likely N-dealkylation sites (tertiary alicyclic amines) is 1. The van der Waals surface area contributed by atoms with Crippen LogP contribution in [-0.4, -0.2) is 50.1 Å². The second-order valence-electron chi connectivity index (χ2n) is 8.37. The van der Waals surface area contributed by atoms with Crippen LogP contribution in [0.3, 0.4) is 0 Å². The van der Waals surface area contributed by atoms with Crippen LogP contribution < -0.4 is 14.8 Å². The Bertz CT molecular complexity index is 976. The van der Waals surface area contributed by atoms with Gasteiger partial charge in [-0.3, -0.25) is 9.59 Å². The third-order valence-electron chi connectivity index (χ3n) is 5.71. The highest BCUT2D eigenvalue weighted by molar-refractivity contribution is 5.95. The highest BCUT2D eigenvalue weighted by atomic mass is 19.3. The Morgan fingerprint density at radius 1 is 1.12 bits per heavy atom. The van der Waals surface area contributed by atoms with E-state index in [2.05, 4.69) is 10.1 Å². The summed E-state index contributed by atoms with van der Waals surface area (Å²) in [6.07, 6.45) is 1.94. The molecule has 33 heavy (non-hydrogen) atoms. The summed E-state index contributed by atoms with van der Waals surface area (Å²) in [6.45, 7) is 2.33. The molecule has 0 radical (unpaired) electrons. The van der Waals surface area contributed by atoms with Gasteiger partial charge in [0.25, 0.3) is 5.91 Å². The number of carbonyl (C=O) groups excluding carboxylic acids is 2. The number of benzene rings is 2. The first-order valence-electron chi connectivity index (χ1n) is 11.0. The zero-order chi connectivity index (χ0) is 24.0. The molecule has 1 atom stereocenters. The number of ether oxygens (including phenoxy) is 2. The van der Waals surface area contributed by atoms with Gasteiger partial charge < -0.3 is 19.7 Å². The predicted octanol–water partition coefficient (Wildman–Crippen LogP) is 4.12. The molecule has 6 nitrogen and oxygen atoms in total. The molecule has 1 aliphatic rings. The molecule has 0 saturated carbocycles. The van der Waals surface area contributed by atoms with Crippen molar-refractivity contribution in [2.75, 3.05) is 26.7 Å². The van der Waals surface area contributed by atoms with E-state index in [4.69, 9.17) is 4.74 Å². The van der Waals surface area contributed by atoms with Crippen molar-refractivity contribution in [1.29, 1.82) is 0 Å². The van der Waals surface area contributed by atoms with Crippen LogP contribution in [0.2, 0.25) is 0 Å². The fourth-order valence-electron chi connectivity index (χ4n) is 4.20. The number of methoxy groups -OCH3 is 1. The fraction of sp³-hybridized carbons (Fsp3) is 0.440. The number of hydrogen-bond acceptors (Lipinski definition) is 4. The minimum Gasteiger partial charge on any atom is -0.493 e. The first-order chi connectivity index (χ1) is 15.8. The van der Waals surface area contributed by atoms with Crippen LogP contribution >= 0.6 is 0 Å². The Morgan fingerprint density at radius 3 is 2.52 bits per heavy atom. The van der Waals surface area contributed by atoms with E-state index in [-0.39, 0.29) is 29.2 Å². The number of aryl methyl sites for hydroxylation is 2. The van der Waals surface area contributed by atoms with Crippen LogP contribution in [0.25, 0.3) is 0 Å². The summed E-state index contributed by atoms with van der Waals surface area (Å²) in [5, 5.41) is 2.91. The van der Waals surface area contributed by atoms with Gasteiger partial charge in [-0.15, -0.1) is 0 Å². The Morgan fingerprint density at radius 2 is 1.85 bits per heavy atom. The van der Waals surface area contributed by atoms with Gasteiger partial charge >= 0.3 is 6.61 Å². The Labute approximate surface area is 192 Å². The molecule has 0 aliphatic carbocycles. The van der Waals surface area contributed by atoms with Crippen LogP contribution in [0.4, 0.5) is 8.78 Å². The number of nitrogens with zero attached hydrogens (tertiary/aromatic N) is 1. The zero-order valence-corrected chi connectivity index (χ0v) is 19.2. The molecule has 2 aromatic carbocycles. The van der Waals surface area contributed by atoms with Crippen molar-refractivity contribution in [2.45, 2.75) is 39.7 Å². The maximum Gasteiger partial charge on any atom is 0.387 e. The lowest BCUT2D eigenvalue weighted by atomic mass is 9.96. The molecule has 3 rings (SSSR count). The molecular weight excluding hydrogens is 430 g/mol. The smallest absolute Gasteiger partial charge is 0.387 e. The number of nitrogens with one attached hydrogen (secondary N) is 1. The van der Waals surface area contributed by atoms with Gasteiger partial charge in [0.15, 0.2) is 11.5 Å². The molecule has 1 fully saturated rings. The third-order valence-corrected chi connectivity index (χ3v) is 5.71. The molecule has 2 aromatic rings. The quantitative estimate of drug-likeness (QED) is 0.644. The predicted molar refractivity (Wildman–Crippen MR) is 121 cm³/mol. The first-order valence-corrected chi connectivity index (χ1v) is 11.0. The van der Waals surface area contributed by atoms with E-state index in [9.17, 15) is 18.4 Å². The molecule has 1 heterocycles. The standard InChI is InChI=1S/C25H30F2N2O4/c1-16-11-17(2)13-20(12-16)24(31)29-10-4-5-19(15-29)23(30)28-9-8-18-6-7-21(32-3)22(14-18)33-25(26)27/h6-7,11-14,19,25H,4-5,8-10,15H2,1-3H3,(H,28,30). The van der Waals surface area contributed by atoms with Gasteiger partial charge in [0, 0.05) is 25.2 Å². The van der Waals surface area contributed by atoms with E-state index in [1.54, 1.807) is 17.0 Å². The molecule has 0 aromatic heterocycles. The Hall–Kier alpha value is -3.16. The Balaban J connectivity index is 1.55. The summed E-state index contributed by atoms with van der Waals surface area (Å²) in [6, 6.07) is 10.6. The van der Waals surface area contributed by atoms with Gasteiger partial charge in [-0.25, -0.2) is 0 Å². The van der Waals surface area contributed by atoms with Crippen LogP contribution in [0.1, 0.15) is 39.9 Å². The van der Waals surface area contributed by atoms with E-state index < -0.39 is 6.61 Å². The lowest BCUT2D eigenvalue weighted by Gasteiger charge is -2.32. The summed E-state index contributed by atoms with van der Waals surface area (Å²) in [5.41, 5.74) is 3.45. The van der Waals surface area contributed by atoms with Crippen LogP contribution in [0.15, 0.2) is 36.4 Å². The highest BCUT2D eigenvalue weighted by Gasteiger charge is 2.29. The lowest BCUT2D eigenvalue weighted by molar-refractivity contribution is -0.126. The maximum atomic E-state index is 13.0. The minimum atomic E-state index is -2.95. The normalized spacial score (nSPS) is 15.9. The number of amides is 2. The molecule has 1 saturated heterocycles. The molecule has 1 unspecified atom stereocenters. The fourth-order valence-corrected chi connectivity index (χ4v) is 4.20. The number of alkyl halides is 2. The third kappa shape index (κ3) is 6.66. The molecule has 1 N–H and O–H groups in total. The van der Waals surface area contributed by atoms with Crippen molar-refractivity contribution in [2.24, 2.45) is 5.92 Å². The highest BCUT2D eigenvalue weighted by Crippen LogP contribution is 2.29. The number of rotatable bonds is 8. The second-order valence-corrected chi connectivity index (χ2v) is 8.37. The van der Waals surface area contributed by atoms with Gasteiger partial charge in [-0.05, 0) is 62.9 Å². The van der Waals surface area contributed by atoms with E-state index >= 15 is 0 Å².